The van der Waals surface area contributed by atoms with Gasteiger partial charge in [-0.2, -0.15) is 5.10 Å². The normalized spacial score (nSPS) is 22.4. The molecule has 112 valence electrons. The molecule has 3 N–H and O–H groups in total. The number of carbonyl (C=O) groups excluding carboxylic acids is 1. The SMILES string of the molecule is CC(C)C1CC(C(=O)N/N=C/C=C/c2ccccc2)NN1. The third kappa shape index (κ3) is 4.81. The van der Waals surface area contributed by atoms with Gasteiger partial charge in [0.15, 0.2) is 0 Å². The number of nitrogens with zero attached hydrogens (tertiary/aromatic N) is 1. The minimum atomic E-state index is -0.229. The maximum atomic E-state index is 11.9. The summed E-state index contributed by atoms with van der Waals surface area (Å²) < 4.78 is 0. The van der Waals surface area contributed by atoms with Crippen molar-refractivity contribution >= 4 is 18.2 Å². The summed E-state index contributed by atoms with van der Waals surface area (Å²) >= 11 is 0. The molecule has 0 saturated carbocycles. The van der Waals surface area contributed by atoms with E-state index in [0.29, 0.717) is 12.0 Å². The number of hydrogen-bond acceptors (Lipinski definition) is 4. The monoisotopic (exact) mass is 286 g/mol. The van der Waals surface area contributed by atoms with Gasteiger partial charge < -0.3 is 0 Å². The van der Waals surface area contributed by atoms with Gasteiger partial charge >= 0.3 is 0 Å². The Bertz CT molecular complexity index is 510. The van der Waals surface area contributed by atoms with E-state index in [1.165, 1.54) is 0 Å². The molecule has 21 heavy (non-hydrogen) atoms. The molecule has 2 rings (SSSR count). The molecular formula is C16H22N4O. The second-order valence-corrected chi connectivity index (χ2v) is 5.45. The number of nitrogens with one attached hydrogen (secondary N) is 3. The number of amides is 1. The standard InChI is InChI=1S/C16H22N4O/c1-12(2)14-11-15(19-18-14)16(21)20-17-10-6-9-13-7-4-3-5-8-13/h3-10,12,14-15,18-19H,11H2,1-2H3,(H,20,21)/b9-6+,17-10+. The van der Waals surface area contributed by atoms with Crippen LogP contribution in [0.15, 0.2) is 41.5 Å². The molecule has 0 aliphatic carbocycles. The molecule has 0 radical (unpaired) electrons. The highest BCUT2D eigenvalue weighted by Gasteiger charge is 2.30. The first kappa shape index (κ1) is 15.4. The van der Waals surface area contributed by atoms with Gasteiger partial charge in [-0.15, -0.1) is 0 Å². The quantitative estimate of drug-likeness (QED) is 0.570. The van der Waals surface area contributed by atoms with E-state index >= 15 is 0 Å². The van der Waals surface area contributed by atoms with Crippen LogP contribution in [0, 0.1) is 5.92 Å². The highest BCUT2D eigenvalue weighted by molar-refractivity contribution is 5.84. The number of hydrazone groups is 1. The Kier molecular flexibility index (Phi) is 5.66. The summed E-state index contributed by atoms with van der Waals surface area (Å²) in [6, 6.07) is 10.0. The van der Waals surface area contributed by atoms with Crippen molar-refractivity contribution in [1.29, 1.82) is 0 Å². The average Bonchev–Trinajstić information content (AvgIpc) is 2.98. The van der Waals surface area contributed by atoms with Gasteiger partial charge in [0.25, 0.3) is 5.91 Å². The Balaban J connectivity index is 1.74. The van der Waals surface area contributed by atoms with Gasteiger partial charge in [-0.3, -0.25) is 10.2 Å². The number of hydrazine groups is 1. The summed E-state index contributed by atoms with van der Waals surface area (Å²) in [6.45, 7) is 4.26. The van der Waals surface area contributed by atoms with Crippen molar-refractivity contribution in [2.75, 3.05) is 0 Å². The van der Waals surface area contributed by atoms with Crippen LogP contribution < -0.4 is 16.3 Å². The molecule has 1 aromatic rings. The number of allylic oxidation sites excluding steroid dienone is 1. The molecule has 1 aromatic carbocycles. The zero-order valence-electron chi connectivity index (χ0n) is 12.4. The Morgan fingerprint density at radius 2 is 2.10 bits per heavy atom. The summed E-state index contributed by atoms with van der Waals surface area (Å²) in [7, 11) is 0. The van der Waals surface area contributed by atoms with Crippen LogP contribution in [0.4, 0.5) is 0 Å². The van der Waals surface area contributed by atoms with E-state index in [2.05, 4.69) is 35.2 Å². The van der Waals surface area contributed by atoms with Crippen molar-refractivity contribution in [2.45, 2.75) is 32.4 Å². The molecule has 0 spiro atoms. The van der Waals surface area contributed by atoms with E-state index in [-0.39, 0.29) is 11.9 Å². The molecule has 0 bridgehead atoms. The summed E-state index contributed by atoms with van der Waals surface area (Å²) in [5.74, 6) is 0.377. The zero-order chi connectivity index (χ0) is 15.1. The minimum Gasteiger partial charge on any atom is -0.271 e. The Morgan fingerprint density at radius 1 is 1.33 bits per heavy atom. The van der Waals surface area contributed by atoms with Gasteiger partial charge in [-0.05, 0) is 24.0 Å². The smallest absolute Gasteiger partial charge is 0.258 e. The van der Waals surface area contributed by atoms with Crippen LogP contribution in [0.1, 0.15) is 25.8 Å². The minimum absolute atomic E-state index is 0.116. The summed E-state index contributed by atoms with van der Waals surface area (Å²) in [4.78, 5) is 11.9. The fourth-order valence-electron chi connectivity index (χ4n) is 2.13. The molecular weight excluding hydrogens is 264 g/mol. The van der Waals surface area contributed by atoms with Gasteiger partial charge in [0.2, 0.25) is 0 Å². The van der Waals surface area contributed by atoms with Gasteiger partial charge in [0.1, 0.15) is 6.04 Å². The van der Waals surface area contributed by atoms with Crippen LogP contribution in [0.2, 0.25) is 0 Å². The average molecular weight is 286 g/mol. The largest absolute Gasteiger partial charge is 0.271 e. The van der Waals surface area contributed by atoms with E-state index in [4.69, 9.17) is 0 Å². The molecule has 1 aliphatic heterocycles. The maximum absolute atomic E-state index is 11.9. The lowest BCUT2D eigenvalue weighted by molar-refractivity contribution is -0.122. The predicted molar refractivity (Wildman–Crippen MR) is 85.4 cm³/mol. The van der Waals surface area contributed by atoms with Crippen LogP contribution >= 0.6 is 0 Å². The molecule has 1 fully saturated rings. The van der Waals surface area contributed by atoms with Crippen LogP contribution in [-0.4, -0.2) is 24.2 Å². The van der Waals surface area contributed by atoms with Crippen molar-refractivity contribution in [3.8, 4) is 0 Å². The Hall–Kier alpha value is -1.98. The first-order chi connectivity index (χ1) is 10.2. The molecule has 0 aromatic heterocycles. The third-order valence-corrected chi connectivity index (χ3v) is 3.48. The molecule has 2 unspecified atom stereocenters. The van der Waals surface area contributed by atoms with Gasteiger partial charge in [-0.1, -0.05) is 50.3 Å². The number of benzene rings is 1. The van der Waals surface area contributed by atoms with Gasteiger partial charge in [0, 0.05) is 12.3 Å². The lowest BCUT2D eigenvalue weighted by atomic mass is 9.99. The lowest BCUT2D eigenvalue weighted by Crippen LogP contribution is -2.42. The van der Waals surface area contributed by atoms with Gasteiger partial charge in [-0.25, -0.2) is 10.9 Å². The molecule has 1 heterocycles. The maximum Gasteiger partial charge on any atom is 0.258 e. The predicted octanol–water partition coefficient (Wildman–Crippen LogP) is 1.69. The van der Waals surface area contributed by atoms with E-state index in [9.17, 15) is 4.79 Å². The lowest BCUT2D eigenvalue weighted by Gasteiger charge is -2.12. The second-order valence-electron chi connectivity index (χ2n) is 5.45. The molecule has 5 nitrogen and oxygen atoms in total. The van der Waals surface area contributed by atoms with E-state index < -0.39 is 0 Å². The van der Waals surface area contributed by atoms with Gasteiger partial charge in [0.05, 0.1) is 0 Å². The van der Waals surface area contributed by atoms with Crippen molar-refractivity contribution in [3.05, 3.63) is 42.0 Å². The number of rotatable bonds is 5. The zero-order valence-corrected chi connectivity index (χ0v) is 12.4. The van der Waals surface area contributed by atoms with Crippen LogP contribution in [-0.2, 0) is 4.79 Å². The highest BCUT2D eigenvalue weighted by Crippen LogP contribution is 2.13. The molecule has 1 saturated heterocycles. The van der Waals surface area contributed by atoms with Crippen LogP contribution in [0.3, 0.4) is 0 Å². The van der Waals surface area contributed by atoms with Crippen LogP contribution in [0.25, 0.3) is 6.08 Å². The highest BCUT2D eigenvalue weighted by atomic mass is 16.2. The molecule has 1 aliphatic rings. The Morgan fingerprint density at radius 3 is 2.76 bits per heavy atom. The molecule has 5 heteroatoms. The van der Waals surface area contributed by atoms with Crippen molar-refractivity contribution < 1.29 is 4.79 Å². The number of carbonyl (C=O) groups is 1. The summed E-state index contributed by atoms with van der Waals surface area (Å²) in [6.07, 6.45) is 6.08. The fraction of sp³-hybridized carbons (Fsp3) is 0.375. The molecule has 2 atom stereocenters. The first-order valence-corrected chi connectivity index (χ1v) is 7.22. The fourth-order valence-corrected chi connectivity index (χ4v) is 2.13. The number of hydrogen-bond donors (Lipinski definition) is 3. The second kappa shape index (κ2) is 7.71. The van der Waals surface area contributed by atoms with E-state index in [1.807, 2.05) is 36.4 Å². The summed E-state index contributed by atoms with van der Waals surface area (Å²) in [5.41, 5.74) is 9.78. The van der Waals surface area contributed by atoms with E-state index in [0.717, 1.165) is 12.0 Å². The first-order valence-electron chi connectivity index (χ1n) is 7.22. The molecule has 1 amide bonds. The third-order valence-electron chi connectivity index (χ3n) is 3.48. The Labute approximate surface area is 125 Å². The van der Waals surface area contributed by atoms with Crippen molar-refractivity contribution in [2.24, 2.45) is 11.0 Å². The topological polar surface area (TPSA) is 65.5 Å². The van der Waals surface area contributed by atoms with Crippen molar-refractivity contribution in [1.82, 2.24) is 16.3 Å². The van der Waals surface area contributed by atoms with Crippen molar-refractivity contribution in [3.63, 3.8) is 0 Å². The van der Waals surface area contributed by atoms with Crippen LogP contribution in [0.5, 0.6) is 0 Å². The summed E-state index contributed by atoms with van der Waals surface area (Å²) in [5, 5.41) is 3.92. The van der Waals surface area contributed by atoms with E-state index in [1.54, 1.807) is 12.3 Å².